The van der Waals surface area contributed by atoms with Crippen LogP contribution in [0.3, 0.4) is 0 Å². The fourth-order valence-electron chi connectivity index (χ4n) is 1.69. The zero-order valence-electron chi connectivity index (χ0n) is 10.0. The second-order valence-corrected chi connectivity index (χ2v) is 3.67. The molecule has 1 aromatic carbocycles. The summed E-state index contributed by atoms with van der Waals surface area (Å²) in [5.74, 6) is 1.38. The number of nitrogens with one attached hydrogen (secondary N) is 1. The number of hydrogen-bond acceptors (Lipinski definition) is 3. The fraction of sp³-hybridized carbons (Fsp3) is 0.417. The minimum Gasteiger partial charge on any atom is -0.454 e. The van der Waals surface area contributed by atoms with Gasteiger partial charge in [0.2, 0.25) is 6.79 Å². The van der Waals surface area contributed by atoms with E-state index >= 15 is 0 Å². The van der Waals surface area contributed by atoms with Crippen LogP contribution in [-0.4, -0.2) is 30.8 Å². The maximum atomic E-state index is 11.8. The summed E-state index contributed by atoms with van der Waals surface area (Å²) in [5, 5.41) is 2.82. The number of carbonyl (C=O) groups excluding carboxylic acids is 1. The standard InChI is InChI=1S/C12H16N2O3/c1-3-14(4-2)12(15)13-9-5-6-10-11(7-9)17-8-16-10/h5-7H,3-4,8H2,1-2H3,(H,13,15). The zero-order valence-corrected chi connectivity index (χ0v) is 10.0. The highest BCUT2D eigenvalue weighted by molar-refractivity contribution is 5.89. The molecule has 0 aliphatic carbocycles. The molecule has 1 aromatic rings. The van der Waals surface area contributed by atoms with Gasteiger partial charge in [0.25, 0.3) is 0 Å². The lowest BCUT2D eigenvalue weighted by atomic mass is 10.3. The maximum Gasteiger partial charge on any atom is 0.321 e. The van der Waals surface area contributed by atoms with E-state index in [9.17, 15) is 4.79 Å². The summed E-state index contributed by atoms with van der Waals surface area (Å²) in [6, 6.07) is 5.26. The van der Waals surface area contributed by atoms with Crippen molar-refractivity contribution in [2.45, 2.75) is 13.8 Å². The van der Waals surface area contributed by atoms with Crippen molar-refractivity contribution < 1.29 is 14.3 Å². The molecule has 1 aliphatic rings. The molecule has 0 saturated heterocycles. The Kier molecular flexibility index (Phi) is 3.37. The summed E-state index contributed by atoms with van der Waals surface area (Å²) in [7, 11) is 0. The molecule has 0 aromatic heterocycles. The maximum absolute atomic E-state index is 11.8. The fourth-order valence-corrected chi connectivity index (χ4v) is 1.69. The van der Waals surface area contributed by atoms with Crippen LogP contribution in [0.5, 0.6) is 11.5 Å². The van der Waals surface area contributed by atoms with Crippen LogP contribution in [0.1, 0.15) is 13.8 Å². The Bertz CT molecular complexity index is 416. The first-order valence-electron chi connectivity index (χ1n) is 5.70. The third kappa shape index (κ3) is 2.43. The molecule has 0 spiro atoms. The first kappa shape index (κ1) is 11.6. The molecule has 2 amide bonds. The Morgan fingerprint density at radius 1 is 1.29 bits per heavy atom. The SMILES string of the molecule is CCN(CC)C(=O)Nc1ccc2c(c1)OCO2. The monoisotopic (exact) mass is 236 g/mol. The van der Waals surface area contributed by atoms with Gasteiger partial charge in [0, 0.05) is 24.8 Å². The lowest BCUT2D eigenvalue weighted by molar-refractivity contribution is 0.174. The van der Waals surface area contributed by atoms with Crippen LogP contribution in [0.25, 0.3) is 0 Å². The Morgan fingerprint density at radius 2 is 2.00 bits per heavy atom. The first-order valence-corrected chi connectivity index (χ1v) is 5.70. The number of ether oxygens (including phenoxy) is 2. The van der Waals surface area contributed by atoms with E-state index in [-0.39, 0.29) is 12.8 Å². The van der Waals surface area contributed by atoms with Gasteiger partial charge in [-0.3, -0.25) is 0 Å². The minimum atomic E-state index is -0.103. The summed E-state index contributed by atoms with van der Waals surface area (Å²) < 4.78 is 10.4. The number of carbonyl (C=O) groups is 1. The predicted molar refractivity (Wildman–Crippen MR) is 64.5 cm³/mol. The van der Waals surface area contributed by atoms with Crippen molar-refractivity contribution >= 4 is 11.7 Å². The third-order valence-electron chi connectivity index (χ3n) is 2.67. The highest BCUT2D eigenvalue weighted by Crippen LogP contribution is 2.34. The average molecular weight is 236 g/mol. The molecular formula is C12H16N2O3. The molecule has 2 rings (SSSR count). The summed E-state index contributed by atoms with van der Waals surface area (Å²) in [6.45, 7) is 5.51. The number of amides is 2. The summed E-state index contributed by atoms with van der Waals surface area (Å²) in [6.07, 6.45) is 0. The summed E-state index contributed by atoms with van der Waals surface area (Å²) in [5.41, 5.74) is 0.714. The quantitative estimate of drug-likeness (QED) is 0.876. The molecule has 92 valence electrons. The molecule has 1 aliphatic heterocycles. The van der Waals surface area contributed by atoms with Crippen LogP contribution in [0.15, 0.2) is 18.2 Å². The molecule has 0 radical (unpaired) electrons. The number of benzene rings is 1. The van der Waals surface area contributed by atoms with Crippen LogP contribution >= 0.6 is 0 Å². The highest BCUT2D eigenvalue weighted by atomic mass is 16.7. The normalized spacial score (nSPS) is 12.4. The van der Waals surface area contributed by atoms with Gasteiger partial charge >= 0.3 is 6.03 Å². The number of rotatable bonds is 3. The van der Waals surface area contributed by atoms with Crippen molar-refractivity contribution in [3.63, 3.8) is 0 Å². The van der Waals surface area contributed by atoms with Crippen LogP contribution < -0.4 is 14.8 Å². The second kappa shape index (κ2) is 4.95. The lowest BCUT2D eigenvalue weighted by Crippen LogP contribution is -2.34. The van der Waals surface area contributed by atoms with E-state index in [1.807, 2.05) is 13.8 Å². The molecule has 0 fully saturated rings. The zero-order chi connectivity index (χ0) is 12.3. The van der Waals surface area contributed by atoms with Crippen molar-refractivity contribution in [2.24, 2.45) is 0 Å². The van der Waals surface area contributed by atoms with Crippen LogP contribution in [0.4, 0.5) is 10.5 Å². The Morgan fingerprint density at radius 3 is 2.71 bits per heavy atom. The lowest BCUT2D eigenvalue weighted by Gasteiger charge is -2.19. The van der Waals surface area contributed by atoms with Gasteiger partial charge in [-0.1, -0.05) is 0 Å². The van der Waals surface area contributed by atoms with Crippen molar-refractivity contribution in [2.75, 3.05) is 25.2 Å². The third-order valence-corrected chi connectivity index (χ3v) is 2.67. The number of hydrogen-bond donors (Lipinski definition) is 1. The topological polar surface area (TPSA) is 50.8 Å². The van der Waals surface area contributed by atoms with E-state index in [2.05, 4.69) is 5.32 Å². The van der Waals surface area contributed by atoms with E-state index in [4.69, 9.17) is 9.47 Å². The number of anilines is 1. The number of fused-ring (bicyclic) bond motifs is 1. The van der Waals surface area contributed by atoms with E-state index in [0.717, 1.165) is 0 Å². The van der Waals surface area contributed by atoms with Gasteiger partial charge < -0.3 is 19.7 Å². The molecule has 17 heavy (non-hydrogen) atoms. The minimum absolute atomic E-state index is 0.103. The van der Waals surface area contributed by atoms with Gasteiger partial charge in [-0.15, -0.1) is 0 Å². The molecular weight excluding hydrogens is 220 g/mol. The van der Waals surface area contributed by atoms with Crippen LogP contribution in [0, 0.1) is 0 Å². The predicted octanol–water partition coefficient (Wildman–Crippen LogP) is 2.29. The summed E-state index contributed by atoms with van der Waals surface area (Å²) in [4.78, 5) is 13.5. The smallest absolute Gasteiger partial charge is 0.321 e. The average Bonchev–Trinajstić information content (AvgIpc) is 2.77. The molecule has 5 nitrogen and oxygen atoms in total. The first-order chi connectivity index (χ1) is 8.24. The van der Waals surface area contributed by atoms with Crippen LogP contribution in [0.2, 0.25) is 0 Å². The molecule has 0 unspecified atom stereocenters. The second-order valence-electron chi connectivity index (χ2n) is 3.67. The van der Waals surface area contributed by atoms with Gasteiger partial charge in [-0.05, 0) is 26.0 Å². The van der Waals surface area contributed by atoms with Crippen molar-refractivity contribution in [1.82, 2.24) is 4.90 Å². The summed E-state index contributed by atoms with van der Waals surface area (Å²) >= 11 is 0. The van der Waals surface area contributed by atoms with Gasteiger partial charge in [0.05, 0.1) is 0 Å². The van der Waals surface area contributed by atoms with Gasteiger partial charge in [0.1, 0.15) is 0 Å². The van der Waals surface area contributed by atoms with Crippen molar-refractivity contribution in [1.29, 1.82) is 0 Å². The number of urea groups is 1. The highest BCUT2D eigenvalue weighted by Gasteiger charge is 2.15. The Hall–Kier alpha value is -1.91. The largest absolute Gasteiger partial charge is 0.454 e. The van der Waals surface area contributed by atoms with Gasteiger partial charge in [-0.2, -0.15) is 0 Å². The molecule has 0 atom stereocenters. The van der Waals surface area contributed by atoms with E-state index in [1.54, 1.807) is 23.1 Å². The van der Waals surface area contributed by atoms with E-state index in [0.29, 0.717) is 30.3 Å². The Balaban J connectivity index is 2.06. The molecule has 0 bridgehead atoms. The van der Waals surface area contributed by atoms with Gasteiger partial charge in [0.15, 0.2) is 11.5 Å². The van der Waals surface area contributed by atoms with E-state index in [1.165, 1.54) is 0 Å². The van der Waals surface area contributed by atoms with Crippen molar-refractivity contribution in [3.05, 3.63) is 18.2 Å². The number of nitrogens with zero attached hydrogens (tertiary/aromatic N) is 1. The molecule has 1 N–H and O–H groups in total. The molecule has 5 heteroatoms. The van der Waals surface area contributed by atoms with Crippen molar-refractivity contribution in [3.8, 4) is 11.5 Å². The Labute approximate surface area is 100 Å². The van der Waals surface area contributed by atoms with Crippen LogP contribution in [-0.2, 0) is 0 Å². The molecule has 1 heterocycles. The van der Waals surface area contributed by atoms with E-state index < -0.39 is 0 Å². The molecule has 0 saturated carbocycles. The van der Waals surface area contributed by atoms with Gasteiger partial charge in [-0.25, -0.2) is 4.79 Å².